The standard InChI is InChI=1S/C25H22F3N5O4S2/c26-25(27,28)38-20-8-6-19(7-9-20)33-22(34)24(11-12-24)32(23(33)35)16-18-10-13-29-15-21(18)31-39(36,37)30-14-17-4-2-1-3-5-17/h1-10,13,15,30-31H,11-12,14,16H2. The summed E-state index contributed by atoms with van der Waals surface area (Å²) in [7, 11) is -4.00. The van der Waals surface area contributed by atoms with E-state index >= 15 is 0 Å². The zero-order valence-electron chi connectivity index (χ0n) is 20.2. The topological polar surface area (TPSA) is 112 Å². The van der Waals surface area contributed by atoms with Gasteiger partial charge in [0.15, 0.2) is 0 Å². The van der Waals surface area contributed by atoms with E-state index in [4.69, 9.17) is 0 Å². The molecule has 3 amide bonds. The molecule has 14 heteroatoms. The quantitative estimate of drug-likeness (QED) is 0.283. The monoisotopic (exact) mass is 577 g/mol. The summed E-state index contributed by atoms with van der Waals surface area (Å²) in [5.74, 6) is -0.468. The van der Waals surface area contributed by atoms with Gasteiger partial charge in [-0.1, -0.05) is 30.3 Å². The van der Waals surface area contributed by atoms with Crippen LogP contribution in [-0.2, 0) is 28.1 Å². The van der Waals surface area contributed by atoms with Crippen LogP contribution in [0, 0.1) is 0 Å². The Kier molecular flexibility index (Phi) is 7.03. The van der Waals surface area contributed by atoms with E-state index in [9.17, 15) is 31.2 Å². The van der Waals surface area contributed by atoms with Gasteiger partial charge in [0.25, 0.3) is 16.1 Å². The molecule has 39 heavy (non-hydrogen) atoms. The van der Waals surface area contributed by atoms with E-state index in [1.165, 1.54) is 41.6 Å². The molecule has 3 aromatic rings. The fraction of sp³-hybridized carbons (Fsp3) is 0.240. The average Bonchev–Trinajstić information content (AvgIpc) is 3.66. The fourth-order valence-corrected chi connectivity index (χ4v) is 5.78. The number of pyridine rings is 1. The van der Waals surface area contributed by atoms with Crippen LogP contribution in [0.4, 0.5) is 29.3 Å². The first-order chi connectivity index (χ1) is 18.5. The summed E-state index contributed by atoms with van der Waals surface area (Å²) >= 11 is -0.290. The molecule has 2 fully saturated rings. The number of nitrogens with one attached hydrogen (secondary N) is 2. The molecule has 0 bridgehead atoms. The number of amides is 3. The second-order valence-corrected chi connectivity index (χ2v) is 11.7. The highest BCUT2D eigenvalue weighted by Gasteiger charge is 2.65. The van der Waals surface area contributed by atoms with Crippen LogP contribution in [0.3, 0.4) is 0 Å². The normalized spacial score (nSPS) is 16.7. The highest BCUT2D eigenvalue weighted by molar-refractivity contribution is 8.00. The number of aromatic nitrogens is 1. The van der Waals surface area contributed by atoms with Crippen LogP contribution in [0.2, 0.25) is 0 Å². The Bertz CT molecular complexity index is 1500. The molecule has 204 valence electrons. The predicted molar refractivity (Wildman–Crippen MR) is 139 cm³/mol. The van der Waals surface area contributed by atoms with Crippen LogP contribution in [-0.4, -0.2) is 41.3 Å². The molecule has 1 aromatic heterocycles. The van der Waals surface area contributed by atoms with Crippen molar-refractivity contribution in [3.05, 3.63) is 84.2 Å². The van der Waals surface area contributed by atoms with E-state index in [1.807, 2.05) is 6.07 Å². The summed E-state index contributed by atoms with van der Waals surface area (Å²) in [5, 5.41) is 0. The van der Waals surface area contributed by atoms with Crippen LogP contribution in [0.1, 0.15) is 24.0 Å². The molecule has 2 heterocycles. The van der Waals surface area contributed by atoms with Gasteiger partial charge in [-0.2, -0.15) is 26.3 Å². The lowest BCUT2D eigenvalue weighted by atomic mass is 10.1. The van der Waals surface area contributed by atoms with E-state index in [0.717, 1.165) is 10.5 Å². The molecule has 1 aliphatic carbocycles. The van der Waals surface area contributed by atoms with Gasteiger partial charge in [0.05, 0.1) is 24.1 Å². The summed E-state index contributed by atoms with van der Waals surface area (Å²) in [6, 6.07) is 14.9. The number of imide groups is 1. The number of carbonyl (C=O) groups excluding carboxylic acids is 2. The van der Waals surface area contributed by atoms with Crippen molar-refractivity contribution in [2.24, 2.45) is 0 Å². The Morgan fingerprint density at radius 3 is 2.33 bits per heavy atom. The number of nitrogens with zero attached hydrogens (tertiary/aromatic N) is 3. The number of rotatable bonds is 9. The van der Waals surface area contributed by atoms with Crippen molar-refractivity contribution in [3.8, 4) is 0 Å². The number of anilines is 2. The largest absolute Gasteiger partial charge is 0.446 e. The van der Waals surface area contributed by atoms with E-state index in [0.29, 0.717) is 18.4 Å². The molecule has 9 nitrogen and oxygen atoms in total. The number of hydrogen-bond donors (Lipinski definition) is 2. The second-order valence-electron chi connectivity index (χ2n) is 9.03. The molecule has 1 aliphatic heterocycles. The third-order valence-electron chi connectivity index (χ3n) is 6.39. The van der Waals surface area contributed by atoms with Crippen LogP contribution in [0.25, 0.3) is 0 Å². The van der Waals surface area contributed by atoms with E-state index in [-0.39, 0.29) is 41.1 Å². The van der Waals surface area contributed by atoms with Crippen molar-refractivity contribution in [2.75, 3.05) is 9.62 Å². The number of hydrogen-bond acceptors (Lipinski definition) is 6. The number of carbonyl (C=O) groups is 2. The summed E-state index contributed by atoms with van der Waals surface area (Å²) in [5.41, 5.74) is -4.07. The average molecular weight is 578 g/mol. The Morgan fingerprint density at radius 2 is 1.69 bits per heavy atom. The minimum Gasteiger partial charge on any atom is -0.305 e. The highest BCUT2D eigenvalue weighted by Crippen LogP contribution is 2.50. The highest BCUT2D eigenvalue weighted by atomic mass is 32.2. The van der Waals surface area contributed by atoms with Gasteiger partial charge >= 0.3 is 11.5 Å². The third kappa shape index (κ3) is 5.87. The lowest BCUT2D eigenvalue weighted by Crippen LogP contribution is -2.37. The van der Waals surface area contributed by atoms with E-state index in [2.05, 4.69) is 14.4 Å². The summed E-state index contributed by atoms with van der Waals surface area (Å²) < 4.78 is 68.3. The van der Waals surface area contributed by atoms with E-state index < -0.39 is 33.2 Å². The molecular weight excluding hydrogens is 555 g/mol. The van der Waals surface area contributed by atoms with Crippen LogP contribution in [0.5, 0.6) is 0 Å². The molecule has 1 spiro atoms. The fourth-order valence-electron chi connectivity index (χ4n) is 4.34. The minimum atomic E-state index is -4.46. The smallest absolute Gasteiger partial charge is 0.305 e. The summed E-state index contributed by atoms with van der Waals surface area (Å²) in [6.07, 6.45) is 3.59. The molecule has 0 radical (unpaired) electrons. The minimum absolute atomic E-state index is 0.0587. The Morgan fingerprint density at radius 1 is 1.00 bits per heavy atom. The molecule has 0 unspecified atom stereocenters. The van der Waals surface area contributed by atoms with Gasteiger partial charge in [-0.15, -0.1) is 0 Å². The van der Waals surface area contributed by atoms with Crippen molar-refractivity contribution in [3.63, 3.8) is 0 Å². The van der Waals surface area contributed by atoms with Gasteiger partial charge in [0.2, 0.25) is 0 Å². The molecule has 0 atom stereocenters. The Labute approximate surface area is 226 Å². The zero-order chi connectivity index (χ0) is 27.8. The van der Waals surface area contributed by atoms with Gasteiger partial charge in [0.1, 0.15) is 5.54 Å². The van der Waals surface area contributed by atoms with Crippen LogP contribution in [0.15, 0.2) is 78.0 Å². The van der Waals surface area contributed by atoms with Gasteiger partial charge in [-0.05, 0) is 66.1 Å². The number of urea groups is 1. The molecule has 2 N–H and O–H groups in total. The van der Waals surface area contributed by atoms with Crippen molar-refractivity contribution in [1.29, 1.82) is 0 Å². The summed E-state index contributed by atoms with van der Waals surface area (Å²) in [4.78, 5) is 33.0. The molecule has 2 aromatic carbocycles. The van der Waals surface area contributed by atoms with Crippen molar-refractivity contribution >= 4 is 45.3 Å². The second kappa shape index (κ2) is 10.2. The number of benzene rings is 2. The summed E-state index contributed by atoms with van der Waals surface area (Å²) in [6.45, 7) is -0.0225. The van der Waals surface area contributed by atoms with Crippen LogP contribution >= 0.6 is 11.8 Å². The maximum absolute atomic E-state index is 13.4. The van der Waals surface area contributed by atoms with Gasteiger partial charge < -0.3 is 4.90 Å². The maximum Gasteiger partial charge on any atom is 0.446 e. The van der Waals surface area contributed by atoms with Crippen LogP contribution < -0.4 is 14.3 Å². The molecule has 5 rings (SSSR count). The van der Waals surface area contributed by atoms with Gasteiger partial charge in [-0.25, -0.2) is 9.69 Å². The Balaban J connectivity index is 1.33. The number of halogens is 3. The van der Waals surface area contributed by atoms with Crippen molar-refractivity contribution in [1.82, 2.24) is 14.6 Å². The number of thioether (sulfide) groups is 1. The van der Waals surface area contributed by atoms with E-state index in [1.54, 1.807) is 30.3 Å². The SMILES string of the molecule is O=C1N(c2ccc(SC(F)(F)F)cc2)C(=O)C2(CC2)N1Cc1ccncc1NS(=O)(=O)NCc1ccccc1. The zero-order valence-corrected chi connectivity index (χ0v) is 21.8. The molecule has 2 aliphatic rings. The predicted octanol–water partition coefficient (Wildman–Crippen LogP) is 4.64. The third-order valence-corrected chi connectivity index (χ3v) is 8.14. The lowest BCUT2D eigenvalue weighted by Gasteiger charge is -2.23. The molecular formula is C25H22F3N5O4S2. The first kappa shape index (κ1) is 27.0. The molecule has 1 saturated carbocycles. The first-order valence-corrected chi connectivity index (χ1v) is 14.0. The first-order valence-electron chi connectivity index (χ1n) is 11.7. The van der Waals surface area contributed by atoms with Crippen molar-refractivity contribution in [2.45, 2.75) is 41.9 Å². The molecule has 1 saturated heterocycles. The van der Waals surface area contributed by atoms with Gasteiger partial charge in [-0.3, -0.25) is 14.5 Å². The van der Waals surface area contributed by atoms with Crippen molar-refractivity contribution < 1.29 is 31.2 Å². The Hall–Kier alpha value is -3.62. The lowest BCUT2D eigenvalue weighted by molar-refractivity contribution is -0.120. The number of alkyl halides is 3. The maximum atomic E-state index is 13.4. The van der Waals surface area contributed by atoms with Gasteiger partial charge in [0, 0.05) is 17.6 Å².